The summed E-state index contributed by atoms with van der Waals surface area (Å²) in [7, 11) is 0. The fourth-order valence-corrected chi connectivity index (χ4v) is 0.306. The van der Waals surface area contributed by atoms with Gasteiger partial charge >= 0.3 is 12.1 Å². The van der Waals surface area contributed by atoms with E-state index >= 15 is 0 Å². The summed E-state index contributed by atoms with van der Waals surface area (Å²) in [6.07, 6.45) is -7.35. The molecular formula is C5H5F5O2. The van der Waals surface area contributed by atoms with E-state index in [1.54, 1.807) is 0 Å². The second kappa shape index (κ2) is 4.22. The van der Waals surface area contributed by atoms with Gasteiger partial charge in [-0.25, -0.2) is 13.6 Å². The summed E-state index contributed by atoms with van der Waals surface area (Å²) in [6.45, 7) is -3.58. The predicted octanol–water partition coefficient (Wildman–Crippen LogP) is 1.40. The Hall–Kier alpha value is -0.880. The van der Waals surface area contributed by atoms with Gasteiger partial charge in [-0.1, -0.05) is 0 Å². The fourth-order valence-electron chi connectivity index (χ4n) is 0.306. The third kappa shape index (κ3) is 4.86. The Bertz CT molecular complexity index is 154. The van der Waals surface area contributed by atoms with Crippen LogP contribution in [0.5, 0.6) is 0 Å². The van der Waals surface area contributed by atoms with Gasteiger partial charge in [-0.3, -0.25) is 0 Å². The molecule has 0 aliphatic rings. The largest absolute Gasteiger partial charge is 0.454 e. The molecule has 72 valence electrons. The van der Waals surface area contributed by atoms with E-state index in [1.165, 1.54) is 0 Å². The van der Waals surface area contributed by atoms with Crippen LogP contribution in [0.4, 0.5) is 22.0 Å². The second-order valence-electron chi connectivity index (χ2n) is 1.84. The molecule has 0 rings (SSSR count). The summed E-state index contributed by atoms with van der Waals surface area (Å²) in [6, 6.07) is 0. The second-order valence-corrected chi connectivity index (χ2v) is 1.84. The van der Waals surface area contributed by atoms with Gasteiger partial charge in [0.1, 0.15) is 6.67 Å². The third-order valence-corrected chi connectivity index (χ3v) is 0.769. The van der Waals surface area contributed by atoms with Crippen molar-refractivity contribution < 1.29 is 31.5 Å². The van der Waals surface area contributed by atoms with Crippen LogP contribution in [0.15, 0.2) is 0 Å². The molecule has 0 saturated carbocycles. The van der Waals surface area contributed by atoms with Crippen molar-refractivity contribution in [3.05, 3.63) is 0 Å². The van der Waals surface area contributed by atoms with E-state index in [0.717, 1.165) is 0 Å². The fraction of sp³-hybridized carbons (Fsp3) is 0.800. The number of hydrogen-bond donors (Lipinski definition) is 0. The monoisotopic (exact) mass is 192 g/mol. The lowest BCUT2D eigenvalue weighted by molar-refractivity contribution is -0.189. The van der Waals surface area contributed by atoms with Crippen LogP contribution in [0, 0.1) is 0 Å². The zero-order chi connectivity index (χ0) is 9.78. The van der Waals surface area contributed by atoms with Gasteiger partial charge in [0.25, 0.3) is 0 Å². The van der Waals surface area contributed by atoms with Gasteiger partial charge in [-0.05, 0) is 0 Å². The van der Waals surface area contributed by atoms with Gasteiger partial charge < -0.3 is 4.74 Å². The molecule has 2 nitrogen and oxygen atoms in total. The van der Waals surface area contributed by atoms with Crippen molar-refractivity contribution in [2.24, 2.45) is 0 Å². The Morgan fingerprint density at radius 1 is 1.42 bits per heavy atom. The maximum absolute atomic E-state index is 11.9. The Balaban J connectivity index is 3.72. The number of rotatable bonds is 3. The maximum atomic E-state index is 11.9. The van der Waals surface area contributed by atoms with Crippen molar-refractivity contribution in [1.82, 2.24) is 0 Å². The summed E-state index contributed by atoms with van der Waals surface area (Å²) in [5.74, 6) is -1.84. The minimum Gasteiger partial charge on any atom is -0.454 e. The topological polar surface area (TPSA) is 26.3 Å². The van der Waals surface area contributed by atoms with Crippen LogP contribution in [0.25, 0.3) is 0 Å². The molecule has 0 N–H and O–H groups in total. The van der Waals surface area contributed by atoms with E-state index in [2.05, 4.69) is 4.74 Å². The van der Waals surface area contributed by atoms with Gasteiger partial charge in [0.15, 0.2) is 6.61 Å². The highest BCUT2D eigenvalue weighted by Gasteiger charge is 2.31. The standard InChI is InChI=1S/C5H5F5O2/c6-1-3(7)4(11)12-2-5(8,9)10/h3H,1-2H2. The number of esters is 1. The zero-order valence-corrected chi connectivity index (χ0v) is 5.70. The van der Waals surface area contributed by atoms with Crippen LogP contribution in [0.1, 0.15) is 0 Å². The SMILES string of the molecule is O=C(OCC(F)(F)F)C(F)CF. The molecule has 0 spiro atoms. The van der Waals surface area contributed by atoms with E-state index < -0.39 is 31.6 Å². The van der Waals surface area contributed by atoms with Crippen LogP contribution < -0.4 is 0 Å². The summed E-state index contributed by atoms with van der Waals surface area (Å²) in [5, 5.41) is 0. The Morgan fingerprint density at radius 2 is 1.92 bits per heavy atom. The van der Waals surface area contributed by atoms with E-state index in [1.807, 2.05) is 0 Å². The molecule has 0 heterocycles. The minimum absolute atomic E-state index is 1.68. The first-order valence-electron chi connectivity index (χ1n) is 2.80. The van der Waals surface area contributed by atoms with E-state index in [9.17, 15) is 26.7 Å². The molecule has 1 unspecified atom stereocenters. The lowest BCUT2D eigenvalue weighted by Crippen LogP contribution is -2.26. The number of carbonyl (C=O) groups is 1. The van der Waals surface area contributed by atoms with Gasteiger partial charge in [0.2, 0.25) is 6.17 Å². The van der Waals surface area contributed by atoms with Crippen molar-refractivity contribution in [2.75, 3.05) is 13.3 Å². The molecule has 0 aromatic heterocycles. The Labute approximate surface area is 64.3 Å². The first-order valence-corrected chi connectivity index (χ1v) is 2.80. The van der Waals surface area contributed by atoms with Crippen molar-refractivity contribution in [1.29, 1.82) is 0 Å². The molecule has 0 aliphatic heterocycles. The van der Waals surface area contributed by atoms with E-state index in [4.69, 9.17) is 0 Å². The van der Waals surface area contributed by atoms with E-state index in [0.29, 0.717) is 0 Å². The van der Waals surface area contributed by atoms with Crippen LogP contribution in [0.2, 0.25) is 0 Å². The molecule has 0 saturated heterocycles. The highest BCUT2D eigenvalue weighted by molar-refractivity contribution is 5.74. The minimum atomic E-state index is -4.72. The van der Waals surface area contributed by atoms with Crippen molar-refractivity contribution in [3.63, 3.8) is 0 Å². The van der Waals surface area contributed by atoms with Crippen molar-refractivity contribution in [3.8, 4) is 0 Å². The first-order chi connectivity index (χ1) is 5.37. The van der Waals surface area contributed by atoms with E-state index in [-0.39, 0.29) is 0 Å². The van der Waals surface area contributed by atoms with Gasteiger partial charge in [-0.2, -0.15) is 13.2 Å². The molecule has 0 aromatic carbocycles. The van der Waals surface area contributed by atoms with Gasteiger partial charge in [-0.15, -0.1) is 0 Å². The lowest BCUT2D eigenvalue weighted by atomic mass is 10.4. The van der Waals surface area contributed by atoms with Crippen LogP contribution in [-0.2, 0) is 9.53 Å². The lowest BCUT2D eigenvalue weighted by Gasteiger charge is -2.08. The number of halogens is 5. The van der Waals surface area contributed by atoms with Crippen LogP contribution >= 0.6 is 0 Å². The zero-order valence-electron chi connectivity index (χ0n) is 5.70. The quantitative estimate of drug-likeness (QED) is 0.499. The number of ether oxygens (including phenoxy) is 1. The highest BCUT2D eigenvalue weighted by Crippen LogP contribution is 2.15. The van der Waals surface area contributed by atoms with Crippen LogP contribution in [-0.4, -0.2) is 31.6 Å². The summed E-state index contributed by atoms with van der Waals surface area (Å²) in [5.41, 5.74) is 0. The number of carbonyl (C=O) groups excluding carboxylic acids is 1. The smallest absolute Gasteiger partial charge is 0.422 e. The molecule has 1 atom stereocenters. The van der Waals surface area contributed by atoms with Crippen LogP contribution in [0.3, 0.4) is 0 Å². The average Bonchev–Trinajstić information content (AvgIpc) is 1.97. The van der Waals surface area contributed by atoms with Crippen molar-refractivity contribution in [2.45, 2.75) is 12.3 Å². The molecule has 0 bridgehead atoms. The van der Waals surface area contributed by atoms with Gasteiger partial charge in [0, 0.05) is 0 Å². The third-order valence-electron chi connectivity index (χ3n) is 0.769. The first kappa shape index (κ1) is 11.1. The molecule has 0 aliphatic carbocycles. The highest BCUT2D eigenvalue weighted by atomic mass is 19.4. The Morgan fingerprint density at radius 3 is 2.25 bits per heavy atom. The molecular weight excluding hydrogens is 187 g/mol. The summed E-state index contributed by atoms with van der Waals surface area (Å²) >= 11 is 0. The molecule has 0 amide bonds. The number of hydrogen-bond acceptors (Lipinski definition) is 2. The summed E-state index contributed by atoms with van der Waals surface area (Å²) < 4.78 is 60.4. The van der Waals surface area contributed by atoms with Crippen molar-refractivity contribution >= 4 is 5.97 Å². The molecule has 0 aromatic rings. The molecule has 0 radical (unpaired) electrons. The molecule has 7 heteroatoms. The van der Waals surface area contributed by atoms with Gasteiger partial charge in [0.05, 0.1) is 0 Å². The average molecular weight is 192 g/mol. The predicted molar refractivity (Wildman–Crippen MR) is 27.9 cm³/mol. The Kier molecular flexibility index (Phi) is 3.91. The maximum Gasteiger partial charge on any atom is 0.422 e. The summed E-state index contributed by atoms with van der Waals surface area (Å²) in [4.78, 5) is 10.1. The molecule has 0 fully saturated rings. The molecule has 12 heavy (non-hydrogen) atoms. The normalized spacial score (nSPS) is 14.1. The number of alkyl halides is 5.